The summed E-state index contributed by atoms with van der Waals surface area (Å²) < 4.78 is 0. The normalized spacial score (nSPS) is 9.93. The lowest BCUT2D eigenvalue weighted by Gasteiger charge is -2.05. The van der Waals surface area contributed by atoms with Crippen LogP contribution >= 0.6 is 22.9 Å². The van der Waals surface area contributed by atoms with Gasteiger partial charge in [0.1, 0.15) is 17.3 Å². The summed E-state index contributed by atoms with van der Waals surface area (Å²) in [6.07, 6.45) is 1.95. The molecule has 1 N–H and O–H groups in total. The van der Waals surface area contributed by atoms with Gasteiger partial charge in [-0.1, -0.05) is 11.6 Å². The van der Waals surface area contributed by atoms with Gasteiger partial charge in [0.25, 0.3) is 0 Å². The van der Waals surface area contributed by atoms with Crippen molar-refractivity contribution < 1.29 is 4.79 Å². The molecule has 2 aromatic rings. The number of nitrogens with one attached hydrogen (secondary N) is 1. The Bertz CT molecular complexity index is 472. The molecule has 0 aliphatic carbocycles. The molecule has 2 rings (SSSR count). The van der Waals surface area contributed by atoms with Gasteiger partial charge in [0.05, 0.1) is 11.3 Å². The van der Waals surface area contributed by atoms with Gasteiger partial charge in [0.15, 0.2) is 6.29 Å². The average molecular weight is 240 g/mol. The van der Waals surface area contributed by atoms with Crippen molar-refractivity contribution in [1.29, 1.82) is 0 Å². The highest BCUT2D eigenvalue weighted by Crippen LogP contribution is 2.22. The van der Waals surface area contributed by atoms with Crippen LogP contribution in [0.2, 0.25) is 5.15 Å². The molecule has 0 aromatic carbocycles. The van der Waals surface area contributed by atoms with Crippen LogP contribution in [0.25, 0.3) is 0 Å². The van der Waals surface area contributed by atoms with E-state index in [2.05, 4.69) is 15.3 Å². The summed E-state index contributed by atoms with van der Waals surface area (Å²) in [5, 5.41) is 6.97. The van der Waals surface area contributed by atoms with Crippen LogP contribution in [0.3, 0.4) is 0 Å². The van der Waals surface area contributed by atoms with Gasteiger partial charge in [-0.25, -0.2) is 9.97 Å². The summed E-state index contributed by atoms with van der Waals surface area (Å²) in [5.74, 6) is 0.420. The van der Waals surface area contributed by atoms with Crippen LogP contribution in [0.15, 0.2) is 23.2 Å². The summed E-state index contributed by atoms with van der Waals surface area (Å²) in [6.45, 7) is 0. The first-order valence-corrected chi connectivity index (χ1v) is 5.38. The van der Waals surface area contributed by atoms with Crippen LogP contribution < -0.4 is 5.32 Å². The number of aldehydes is 1. The van der Waals surface area contributed by atoms with E-state index in [-0.39, 0.29) is 10.7 Å². The van der Waals surface area contributed by atoms with Gasteiger partial charge >= 0.3 is 0 Å². The number of nitrogens with zero attached hydrogens (tertiary/aromatic N) is 2. The number of thiophene rings is 1. The molecule has 2 heterocycles. The highest BCUT2D eigenvalue weighted by Gasteiger charge is 2.08. The van der Waals surface area contributed by atoms with Gasteiger partial charge in [0.2, 0.25) is 0 Å². The van der Waals surface area contributed by atoms with Crippen LogP contribution in [0.4, 0.5) is 11.5 Å². The quantitative estimate of drug-likeness (QED) is 0.661. The van der Waals surface area contributed by atoms with Crippen LogP contribution in [0, 0.1) is 0 Å². The summed E-state index contributed by atoms with van der Waals surface area (Å²) in [4.78, 5) is 18.5. The van der Waals surface area contributed by atoms with E-state index in [4.69, 9.17) is 11.6 Å². The largest absolute Gasteiger partial charge is 0.339 e. The fourth-order valence-corrected chi connectivity index (χ4v) is 1.82. The molecule has 0 aliphatic heterocycles. The van der Waals surface area contributed by atoms with Crippen LogP contribution in [-0.4, -0.2) is 16.3 Å². The lowest BCUT2D eigenvalue weighted by Crippen LogP contribution is -1.99. The molecule has 0 radical (unpaired) electrons. The van der Waals surface area contributed by atoms with E-state index in [0.29, 0.717) is 12.1 Å². The Hall–Kier alpha value is -1.46. The molecular formula is C9H6ClN3OS. The topological polar surface area (TPSA) is 54.9 Å². The minimum Gasteiger partial charge on any atom is -0.339 e. The van der Waals surface area contributed by atoms with Crippen molar-refractivity contribution in [2.45, 2.75) is 0 Å². The Morgan fingerprint density at radius 3 is 3.00 bits per heavy atom. The van der Waals surface area contributed by atoms with Gasteiger partial charge in [-0.3, -0.25) is 4.79 Å². The number of aromatic nitrogens is 2. The van der Waals surface area contributed by atoms with Crippen LogP contribution in [-0.2, 0) is 0 Å². The van der Waals surface area contributed by atoms with Crippen LogP contribution in [0.5, 0.6) is 0 Å². The first kappa shape index (κ1) is 10.1. The van der Waals surface area contributed by atoms with Gasteiger partial charge in [-0.2, -0.15) is 11.3 Å². The lowest BCUT2D eigenvalue weighted by atomic mass is 10.3. The Labute approximate surface area is 94.9 Å². The van der Waals surface area contributed by atoms with Crippen molar-refractivity contribution in [3.05, 3.63) is 33.9 Å². The fourth-order valence-electron chi connectivity index (χ4n) is 1.05. The molecule has 0 saturated heterocycles. The van der Waals surface area contributed by atoms with Gasteiger partial charge in [-0.15, -0.1) is 0 Å². The lowest BCUT2D eigenvalue weighted by molar-refractivity contribution is 0.112. The number of carbonyl (C=O) groups is 1. The zero-order valence-electron chi connectivity index (χ0n) is 7.48. The van der Waals surface area contributed by atoms with E-state index in [1.165, 1.54) is 6.33 Å². The molecule has 0 atom stereocenters. The Balaban J connectivity index is 2.36. The monoisotopic (exact) mass is 239 g/mol. The number of rotatable bonds is 3. The smallest absolute Gasteiger partial charge is 0.156 e. The molecule has 0 amide bonds. The SMILES string of the molecule is O=Cc1c(Cl)ncnc1Nc1ccsc1. The third-order valence-electron chi connectivity index (χ3n) is 1.74. The van der Waals surface area contributed by atoms with E-state index in [9.17, 15) is 4.79 Å². The number of anilines is 2. The highest BCUT2D eigenvalue weighted by molar-refractivity contribution is 7.08. The van der Waals surface area contributed by atoms with Crippen molar-refractivity contribution in [1.82, 2.24) is 9.97 Å². The van der Waals surface area contributed by atoms with Crippen molar-refractivity contribution >= 4 is 40.7 Å². The predicted molar refractivity (Wildman–Crippen MR) is 60.0 cm³/mol. The summed E-state index contributed by atoms with van der Waals surface area (Å²) in [5.41, 5.74) is 1.14. The maximum Gasteiger partial charge on any atom is 0.156 e. The molecule has 15 heavy (non-hydrogen) atoms. The standard InChI is InChI=1S/C9H6ClN3OS/c10-8-7(3-14)9(12-5-11-8)13-6-1-2-15-4-6/h1-5H,(H,11,12,13). The number of carbonyl (C=O) groups excluding carboxylic acids is 1. The van der Waals surface area contributed by atoms with Crippen molar-refractivity contribution in [3.63, 3.8) is 0 Å². The molecule has 0 fully saturated rings. The zero-order valence-corrected chi connectivity index (χ0v) is 9.05. The number of hydrogen-bond donors (Lipinski definition) is 1. The maximum absolute atomic E-state index is 10.8. The molecule has 2 aromatic heterocycles. The minimum absolute atomic E-state index is 0.151. The van der Waals surface area contributed by atoms with Gasteiger partial charge < -0.3 is 5.32 Å². The van der Waals surface area contributed by atoms with Crippen molar-refractivity contribution in [2.24, 2.45) is 0 Å². The second-order valence-electron chi connectivity index (χ2n) is 2.68. The molecule has 4 nitrogen and oxygen atoms in total. The fraction of sp³-hybridized carbons (Fsp3) is 0. The van der Waals surface area contributed by atoms with E-state index in [0.717, 1.165) is 5.69 Å². The summed E-state index contributed by atoms with van der Waals surface area (Å²) in [7, 11) is 0. The molecule has 0 bridgehead atoms. The van der Waals surface area contributed by atoms with Crippen molar-refractivity contribution in [2.75, 3.05) is 5.32 Å². The maximum atomic E-state index is 10.8. The second-order valence-corrected chi connectivity index (χ2v) is 3.82. The molecule has 0 aliphatic rings. The number of hydrogen-bond acceptors (Lipinski definition) is 5. The Morgan fingerprint density at radius 1 is 1.47 bits per heavy atom. The molecule has 6 heteroatoms. The van der Waals surface area contributed by atoms with E-state index in [1.54, 1.807) is 11.3 Å². The molecule has 76 valence electrons. The van der Waals surface area contributed by atoms with Gasteiger partial charge in [0, 0.05) is 5.38 Å². The molecule has 0 spiro atoms. The first-order valence-electron chi connectivity index (χ1n) is 4.06. The van der Waals surface area contributed by atoms with Crippen molar-refractivity contribution in [3.8, 4) is 0 Å². The third-order valence-corrected chi connectivity index (χ3v) is 2.72. The first-order chi connectivity index (χ1) is 7.31. The summed E-state index contributed by atoms with van der Waals surface area (Å²) >= 11 is 7.30. The van der Waals surface area contributed by atoms with E-state index >= 15 is 0 Å². The highest BCUT2D eigenvalue weighted by atomic mass is 35.5. The minimum atomic E-state index is 0.151. The predicted octanol–water partition coefficient (Wildman–Crippen LogP) is 2.75. The van der Waals surface area contributed by atoms with Gasteiger partial charge in [-0.05, 0) is 11.4 Å². The summed E-state index contributed by atoms with van der Waals surface area (Å²) in [6, 6.07) is 1.88. The average Bonchev–Trinajstić information content (AvgIpc) is 2.71. The number of halogens is 1. The molecule has 0 saturated carbocycles. The Kier molecular flexibility index (Phi) is 2.94. The second kappa shape index (κ2) is 4.37. The molecule has 0 unspecified atom stereocenters. The zero-order chi connectivity index (χ0) is 10.7. The van der Waals surface area contributed by atoms with Crippen LogP contribution in [0.1, 0.15) is 10.4 Å². The third kappa shape index (κ3) is 2.14. The van der Waals surface area contributed by atoms with E-state index in [1.807, 2.05) is 16.8 Å². The molecular weight excluding hydrogens is 234 g/mol. The Morgan fingerprint density at radius 2 is 2.33 bits per heavy atom. The van der Waals surface area contributed by atoms with E-state index < -0.39 is 0 Å².